The van der Waals surface area contributed by atoms with Crippen molar-refractivity contribution in [3.8, 4) is 0 Å². The first-order valence-corrected chi connectivity index (χ1v) is 5.85. The van der Waals surface area contributed by atoms with Gasteiger partial charge in [-0.25, -0.2) is 0 Å². The maximum absolute atomic E-state index is 11.4. The monoisotopic (exact) mass is 248 g/mol. The van der Waals surface area contributed by atoms with Crippen molar-refractivity contribution in [2.75, 3.05) is 24.1 Å². The number of benzene rings is 1. The number of nitrogens with two attached hydrogens (primary N) is 1. The van der Waals surface area contributed by atoms with Crippen LogP contribution in [-0.4, -0.2) is 24.0 Å². The lowest BCUT2D eigenvalue weighted by Crippen LogP contribution is -2.30. The first-order valence-electron chi connectivity index (χ1n) is 5.85. The molecule has 2 aromatic rings. The summed E-state index contributed by atoms with van der Waals surface area (Å²) < 4.78 is 5.42. The smallest absolute Gasteiger partial charge is 0.296 e. The lowest BCUT2D eigenvalue weighted by atomic mass is 10.3. The Balaban J connectivity index is 1.97. The highest BCUT2D eigenvalue weighted by Gasteiger charge is 2.07. The normalized spacial score (nSPS) is 10.5. The molecule has 18 heavy (non-hydrogen) atoms. The Morgan fingerprint density at radius 1 is 1.50 bits per heavy atom. The predicted octanol–water partition coefficient (Wildman–Crippen LogP) is 1.35. The second-order valence-corrected chi connectivity index (χ2v) is 3.95. The van der Waals surface area contributed by atoms with Crippen LogP contribution in [-0.2, 0) is 4.79 Å². The highest BCUT2D eigenvalue weighted by molar-refractivity contribution is 5.81. The van der Waals surface area contributed by atoms with E-state index in [1.165, 1.54) is 0 Å². The second kappa shape index (κ2) is 5.39. The molecule has 1 aromatic carbocycles. The van der Waals surface area contributed by atoms with Crippen LogP contribution in [0.15, 0.2) is 22.6 Å². The summed E-state index contributed by atoms with van der Waals surface area (Å²) in [5.41, 5.74) is 7.58. The molecule has 96 valence electrons. The highest BCUT2D eigenvalue weighted by atomic mass is 16.4. The molecule has 0 saturated carbocycles. The molecule has 4 N–H and O–H groups in total. The van der Waals surface area contributed by atoms with Crippen LogP contribution in [0.25, 0.3) is 11.1 Å². The second-order valence-electron chi connectivity index (χ2n) is 3.95. The average molecular weight is 248 g/mol. The molecule has 0 aliphatic rings. The summed E-state index contributed by atoms with van der Waals surface area (Å²) in [7, 11) is 0. The minimum absolute atomic E-state index is 0.0846. The number of nitrogen functional groups attached to an aromatic ring is 1. The molecule has 0 saturated heterocycles. The van der Waals surface area contributed by atoms with E-state index >= 15 is 0 Å². The third-order valence-electron chi connectivity index (χ3n) is 2.38. The third kappa shape index (κ3) is 2.91. The van der Waals surface area contributed by atoms with Crippen molar-refractivity contribution < 1.29 is 9.21 Å². The number of carbonyl (C=O) groups is 1. The molecule has 0 unspecified atom stereocenters. The van der Waals surface area contributed by atoms with Crippen molar-refractivity contribution in [3.05, 3.63) is 18.2 Å². The number of aromatic nitrogens is 1. The van der Waals surface area contributed by atoms with E-state index in [0.717, 1.165) is 6.42 Å². The number of carbonyl (C=O) groups excluding carboxylic acids is 1. The van der Waals surface area contributed by atoms with Crippen LogP contribution in [0.5, 0.6) is 0 Å². The van der Waals surface area contributed by atoms with Gasteiger partial charge < -0.3 is 20.8 Å². The first kappa shape index (κ1) is 12.2. The van der Waals surface area contributed by atoms with E-state index in [-0.39, 0.29) is 12.5 Å². The van der Waals surface area contributed by atoms with Crippen molar-refractivity contribution >= 4 is 28.7 Å². The molecule has 1 amide bonds. The molecule has 0 aliphatic carbocycles. The molecule has 1 aromatic heterocycles. The van der Waals surface area contributed by atoms with E-state index in [2.05, 4.69) is 15.6 Å². The predicted molar refractivity (Wildman–Crippen MR) is 70.2 cm³/mol. The van der Waals surface area contributed by atoms with E-state index in [0.29, 0.717) is 29.3 Å². The zero-order chi connectivity index (χ0) is 13.0. The van der Waals surface area contributed by atoms with Gasteiger partial charge in [-0.3, -0.25) is 4.79 Å². The van der Waals surface area contributed by atoms with Gasteiger partial charge >= 0.3 is 0 Å². The van der Waals surface area contributed by atoms with Crippen molar-refractivity contribution in [2.24, 2.45) is 0 Å². The summed E-state index contributed by atoms with van der Waals surface area (Å²) in [4.78, 5) is 15.6. The van der Waals surface area contributed by atoms with Crippen molar-refractivity contribution in [1.29, 1.82) is 0 Å². The summed E-state index contributed by atoms with van der Waals surface area (Å²) in [6.45, 7) is 2.81. The average Bonchev–Trinajstić information content (AvgIpc) is 2.75. The number of nitrogens with zero attached hydrogens (tertiary/aromatic N) is 1. The van der Waals surface area contributed by atoms with Gasteiger partial charge in [-0.15, -0.1) is 0 Å². The van der Waals surface area contributed by atoms with E-state index in [9.17, 15) is 4.79 Å². The van der Waals surface area contributed by atoms with Gasteiger partial charge in [0.2, 0.25) is 5.91 Å². The van der Waals surface area contributed by atoms with Gasteiger partial charge in [-0.1, -0.05) is 6.92 Å². The van der Waals surface area contributed by atoms with Crippen LogP contribution in [0, 0.1) is 0 Å². The van der Waals surface area contributed by atoms with E-state index in [1.54, 1.807) is 18.2 Å². The molecular formula is C12H16N4O2. The SMILES string of the molecule is CCCNC(=O)CNc1nc2cc(N)ccc2o1. The fourth-order valence-corrected chi connectivity index (χ4v) is 1.50. The molecule has 6 nitrogen and oxygen atoms in total. The minimum atomic E-state index is -0.0846. The van der Waals surface area contributed by atoms with E-state index in [1.807, 2.05) is 6.92 Å². The number of anilines is 2. The standard InChI is InChI=1S/C12H16N4O2/c1-2-5-14-11(17)7-15-12-16-9-6-8(13)3-4-10(9)18-12/h3-4,6H,2,5,7,13H2,1H3,(H,14,17)(H,15,16). The van der Waals surface area contributed by atoms with Crippen molar-refractivity contribution in [2.45, 2.75) is 13.3 Å². The molecule has 0 aliphatic heterocycles. The lowest BCUT2D eigenvalue weighted by molar-refractivity contribution is -0.119. The van der Waals surface area contributed by atoms with Crippen LogP contribution in [0.3, 0.4) is 0 Å². The van der Waals surface area contributed by atoms with Crippen molar-refractivity contribution in [1.82, 2.24) is 10.3 Å². The Kier molecular flexibility index (Phi) is 3.66. The van der Waals surface area contributed by atoms with Crippen molar-refractivity contribution in [3.63, 3.8) is 0 Å². The van der Waals surface area contributed by atoms with Crippen LogP contribution >= 0.6 is 0 Å². The summed E-state index contributed by atoms with van der Waals surface area (Å²) in [6, 6.07) is 5.54. The molecular weight excluding hydrogens is 232 g/mol. The van der Waals surface area contributed by atoms with Crippen LogP contribution in [0.2, 0.25) is 0 Å². The van der Waals surface area contributed by atoms with Crippen LogP contribution in [0.4, 0.5) is 11.7 Å². The molecule has 0 bridgehead atoms. The quantitative estimate of drug-likeness (QED) is 0.694. The van der Waals surface area contributed by atoms with Gasteiger partial charge in [0, 0.05) is 12.2 Å². The lowest BCUT2D eigenvalue weighted by Gasteiger charge is -2.02. The number of nitrogens with one attached hydrogen (secondary N) is 2. The molecule has 2 rings (SSSR count). The summed E-state index contributed by atoms with van der Waals surface area (Å²) >= 11 is 0. The number of amides is 1. The van der Waals surface area contributed by atoms with E-state index < -0.39 is 0 Å². The van der Waals surface area contributed by atoms with E-state index in [4.69, 9.17) is 10.2 Å². The maximum Gasteiger partial charge on any atom is 0.296 e. The Morgan fingerprint density at radius 3 is 3.11 bits per heavy atom. The fourth-order valence-electron chi connectivity index (χ4n) is 1.50. The minimum Gasteiger partial charge on any atom is -0.424 e. The summed E-state index contributed by atoms with van der Waals surface area (Å²) in [5.74, 6) is -0.0846. The van der Waals surface area contributed by atoms with Gasteiger partial charge in [-0.2, -0.15) is 4.98 Å². The number of hydrogen-bond donors (Lipinski definition) is 3. The van der Waals surface area contributed by atoms with Gasteiger partial charge in [0.05, 0.1) is 6.54 Å². The largest absolute Gasteiger partial charge is 0.424 e. The maximum atomic E-state index is 11.4. The Bertz CT molecular complexity index is 550. The van der Waals surface area contributed by atoms with Gasteiger partial charge in [0.25, 0.3) is 6.01 Å². The zero-order valence-corrected chi connectivity index (χ0v) is 10.2. The van der Waals surface area contributed by atoms with Crippen LogP contribution < -0.4 is 16.4 Å². The number of oxazole rings is 1. The topological polar surface area (TPSA) is 93.2 Å². The Morgan fingerprint density at radius 2 is 2.33 bits per heavy atom. The fraction of sp³-hybridized carbons (Fsp3) is 0.333. The first-order chi connectivity index (χ1) is 8.69. The van der Waals surface area contributed by atoms with Crippen LogP contribution in [0.1, 0.15) is 13.3 Å². The number of hydrogen-bond acceptors (Lipinski definition) is 5. The number of rotatable bonds is 5. The molecule has 0 fully saturated rings. The van der Waals surface area contributed by atoms with Gasteiger partial charge in [0.1, 0.15) is 5.52 Å². The molecule has 6 heteroatoms. The third-order valence-corrected chi connectivity index (χ3v) is 2.38. The number of fused-ring (bicyclic) bond motifs is 1. The Hall–Kier alpha value is -2.24. The molecule has 1 heterocycles. The molecule has 0 radical (unpaired) electrons. The van der Waals surface area contributed by atoms with Gasteiger partial charge in [0.15, 0.2) is 5.58 Å². The highest BCUT2D eigenvalue weighted by Crippen LogP contribution is 2.20. The zero-order valence-electron chi connectivity index (χ0n) is 10.2. The summed E-state index contributed by atoms with van der Waals surface area (Å²) in [6.07, 6.45) is 0.911. The summed E-state index contributed by atoms with van der Waals surface area (Å²) in [5, 5.41) is 5.59. The molecule has 0 atom stereocenters. The van der Waals surface area contributed by atoms with Gasteiger partial charge in [-0.05, 0) is 24.6 Å². The Labute approximate surface area is 105 Å². The molecule has 0 spiro atoms.